The van der Waals surface area contributed by atoms with Gasteiger partial charge in [-0.15, -0.1) is 0 Å². The van der Waals surface area contributed by atoms with E-state index in [0.717, 1.165) is 5.75 Å². The fourth-order valence-electron chi connectivity index (χ4n) is 0.474. The maximum absolute atomic E-state index is 9.19. The first kappa shape index (κ1) is 11.9. The van der Waals surface area contributed by atoms with Crippen LogP contribution in [0.5, 0.6) is 5.75 Å². The summed E-state index contributed by atoms with van der Waals surface area (Å²) in [5.74, 6) is 0.847. The number of rotatable bonds is 1. The predicted molar refractivity (Wildman–Crippen MR) is 48.3 cm³/mol. The van der Waals surface area contributed by atoms with E-state index in [1.165, 1.54) is 0 Å². The van der Waals surface area contributed by atoms with Crippen LogP contribution in [0.3, 0.4) is 0 Å². The van der Waals surface area contributed by atoms with E-state index in [0.29, 0.717) is 6.26 Å². The minimum Gasteiger partial charge on any atom is -0.497 e. The fourth-order valence-corrected chi connectivity index (χ4v) is 0.474. The van der Waals surface area contributed by atoms with Gasteiger partial charge < -0.3 is 4.74 Å². The third-order valence-electron chi connectivity index (χ3n) is 0.885. The first-order valence-electron chi connectivity index (χ1n) is 3.30. The zero-order valence-corrected chi connectivity index (χ0v) is 8.15. The molecule has 0 aromatic carbocycles. The zero-order chi connectivity index (χ0) is 10.3. The number of hydrogen-bond donors (Lipinski definition) is 1. The molecule has 0 atom stereocenters. The van der Waals surface area contributed by atoms with Gasteiger partial charge in [0.1, 0.15) is 5.75 Å². The smallest absolute Gasteiger partial charge is 0.261 e. The van der Waals surface area contributed by atoms with Gasteiger partial charge >= 0.3 is 0 Å². The summed E-state index contributed by atoms with van der Waals surface area (Å²) in [6.45, 7) is 0. The third-order valence-corrected chi connectivity index (χ3v) is 0.885. The Bertz CT molecular complexity index is 314. The van der Waals surface area contributed by atoms with Crippen molar-refractivity contribution in [1.29, 1.82) is 0 Å². The molecule has 5 nitrogen and oxygen atoms in total. The summed E-state index contributed by atoms with van der Waals surface area (Å²) >= 11 is 0. The second kappa shape index (κ2) is 5.50. The summed E-state index contributed by atoms with van der Waals surface area (Å²) in [7, 11) is -2.03. The molecule has 74 valence electrons. The predicted octanol–water partition coefficient (Wildman–Crippen LogP) is 0.594. The summed E-state index contributed by atoms with van der Waals surface area (Å²) in [6.07, 6.45) is 4.10. The Morgan fingerprint density at radius 2 is 1.77 bits per heavy atom. The van der Waals surface area contributed by atoms with Crippen molar-refractivity contribution < 1.29 is 17.7 Å². The molecule has 13 heavy (non-hydrogen) atoms. The highest BCUT2D eigenvalue weighted by Gasteiger charge is 1.81. The van der Waals surface area contributed by atoms with Crippen LogP contribution in [0, 0.1) is 0 Å². The highest BCUT2D eigenvalue weighted by atomic mass is 32.2. The van der Waals surface area contributed by atoms with Crippen LogP contribution < -0.4 is 4.74 Å². The summed E-state index contributed by atoms with van der Waals surface area (Å²) in [4.78, 5) is 3.81. The minimum atomic E-state index is -3.67. The van der Waals surface area contributed by atoms with E-state index in [-0.39, 0.29) is 0 Å². The molecule has 1 rings (SSSR count). The molecule has 0 aliphatic heterocycles. The Morgan fingerprint density at radius 1 is 1.38 bits per heavy atom. The van der Waals surface area contributed by atoms with Crippen molar-refractivity contribution in [3.63, 3.8) is 0 Å². The molecule has 1 aromatic heterocycles. The first-order valence-corrected chi connectivity index (χ1v) is 5.15. The van der Waals surface area contributed by atoms with Crippen molar-refractivity contribution in [3.8, 4) is 5.75 Å². The average molecular weight is 205 g/mol. The Morgan fingerprint density at radius 3 is 2.00 bits per heavy atom. The van der Waals surface area contributed by atoms with Crippen molar-refractivity contribution in [1.82, 2.24) is 4.98 Å². The van der Waals surface area contributed by atoms with Crippen molar-refractivity contribution in [2.45, 2.75) is 0 Å². The molecule has 0 fully saturated rings. The molecular formula is C7H11NO4S. The van der Waals surface area contributed by atoms with Crippen LogP contribution >= 0.6 is 0 Å². The molecule has 0 amide bonds. The summed E-state index contributed by atoms with van der Waals surface area (Å²) < 4.78 is 30.7. The van der Waals surface area contributed by atoms with Gasteiger partial charge in [0.15, 0.2) is 0 Å². The van der Waals surface area contributed by atoms with Crippen LogP contribution in [0.2, 0.25) is 0 Å². The van der Waals surface area contributed by atoms with Gasteiger partial charge in [-0.05, 0) is 12.1 Å². The molecule has 0 aliphatic rings. The van der Waals surface area contributed by atoms with Gasteiger partial charge in [0, 0.05) is 12.4 Å². The molecule has 0 bridgehead atoms. The lowest BCUT2D eigenvalue weighted by molar-refractivity contribution is 0.414. The van der Waals surface area contributed by atoms with E-state index in [9.17, 15) is 8.42 Å². The number of methoxy groups -OCH3 is 1. The van der Waals surface area contributed by atoms with E-state index in [2.05, 4.69) is 4.98 Å². The Labute approximate surface area is 77.1 Å². The first-order chi connectivity index (χ1) is 5.93. The van der Waals surface area contributed by atoms with Crippen LogP contribution in [-0.2, 0) is 10.1 Å². The maximum Gasteiger partial charge on any atom is 0.261 e. The molecule has 0 spiro atoms. The number of hydrogen-bond acceptors (Lipinski definition) is 4. The van der Waals surface area contributed by atoms with Gasteiger partial charge in [-0.3, -0.25) is 9.54 Å². The van der Waals surface area contributed by atoms with Crippen molar-refractivity contribution in [3.05, 3.63) is 24.5 Å². The van der Waals surface area contributed by atoms with Crippen LogP contribution in [-0.4, -0.2) is 31.3 Å². The van der Waals surface area contributed by atoms with Gasteiger partial charge in [-0.2, -0.15) is 8.42 Å². The van der Waals surface area contributed by atoms with E-state index >= 15 is 0 Å². The molecule has 1 aromatic rings. The molecule has 6 heteroatoms. The minimum absolute atomic E-state index is 0.715. The van der Waals surface area contributed by atoms with Crippen molar-refractivity contribution in [2.24, 2.45) is 0 Å². The highest BCUT2D eigenvalue weighted by Crippen LogP contribution is 2.03. The van der Waals surface area contributed by atoms with E-state index in [1.807, 2.05) is 0 Å². The van der Waals surface area contributed by atoms with E-state index < -0.39 is 10.1 Å². The van der Waals surface area contributed by atoms with Gasteiger partial charge in [0.05, 0.1) is 13.4 Å². The maximum atomic E-state index is 9.19. The normalized spacial score (nSPS) is 9.77. The fraction of sp³-hybridized carbons (Fsp3) is 0.286. The largest absolute Gasteiger partial charge is 0.497 e. The van der Waals surface area contributed by atoms with Crippen LogP contribution in [0.1, 0.15) is 0 Å². The molecular weight excluding hydrogens is 194 g/mol. The van der Waals surface area contributed by atoms with Crippen molar-refractivity contribution in [2.75, 3.05) is 13.4 Å². The monoisotopic (exact) mass is 205 g/mol. The van der Waals surface area contributed by atoms with Gasteiger partial charge in [0.2, 0.25) is 0 Å². The quantitative estimate of drug-likeness (QED) is 0.679. The summed E-state index contributed by atoms with van der Waals surface area (Å²) in [6, 6.07) is 3.61. The molecule has 1 N–H and O–H groups in total. The van der Waals surface area contributed by atoms with E-state index in [1.54, 1.807) is 31.6 Å². The number of nitrogens with zero attached hydrogens (tertiary/aromatic N) is 1. The highest BCUT2D eigenvalue weighted by molar-refractivity contribution is 7.85. The van der Waals surface area contributed by atoms with Gasteiger partial charge in [0.25, 0.3) is 10.1 Å². The lowest BCUT2D eigenvalue weighted by Gasteiger charge is -1.93. The van der Waals surface area contributed by atoms with Crippen LogP contribution in [0.15, 0.2) is 24.5 Å². The molecule has 0 aliphatic carbocycles. The number of aromatic nitrogens is 1. The Hall–Kier alpha value is -1.14. The molecule has 0 unspecified atom stereocenters. The summed E-state index contributed by atoms with van der Waals surface area (Å²) in [5.41, 5.74) is 0. The van der Waals surface area contributed by atoms with Gasteiger partial charge in [-0.1, -0.05) is 0 Å². The van der Waals surface area contributed by atoms with E-state index in [4.69, 9.17) is 9.29 Å². The van der Waals surface area contributed by atoms with Crippen LogP contribution in [0.4, 0.5) is 0 Å². The molecule has 1 heterocycles. The van der Waals surface area contributed by atoms with Crippen LogP contribution in [0.25, 0.3) is 0 Å². The second-order valence-corrected chi connectivity index (χ2v) is 3.59. The molecule has 0 saturated heterocycles. The van der Waals surface area contributed by atoms with Crippen molar-refractivity contribution >= 4 is 10.1 Å². The number of pyridine rings is 1. The third kappa shape index (κ3) is 10.9. The number of ether oxygens (including phenoxy) is 1. The Balaban J connectivity index is 0.000000252. The SMILES string of the molecule is COc1ccncc1.CS(=O)(=O)O. The molecule has 0 radical (unpaired) electrons. The zero-order valence-electron chi connectivity index (χ0n) is 7.34. The molecule has 0 saturated carbocycles. The second-order valence-electron chi connectivity index (χ2n) is 2.12. The average Bonchev–Trinajstić information content (AvgIpc) is 2.03. The lowest BCUT2D eigenvalue weighted by Crippen LogP contribution is -1.88. The van der Waals surface area contributed by atoms with Gasteiger partial charge in [-0.25, -0.2) is 0 Å². The summed E-state index contributed by atoms with van der Waals surface area (Å²) in [5, 5.41) is 0. The topological polar surface area (TPSA) is 76.5 Å². The standard InChI is InChI=1S/C6H7NO.CH4O3S/c1-8-6-2-4-7-5-3-6;1-5(2,3)4/h2-5H,1H3;1H3,(H,2,3,4). The Kier molecular flexibility index (Phi) is 5.01. The lowest BCUT2D eigenvalue weighted by atomic mass is 10.5.